The number of halogens is 2. The molecule has 0 fully saturated rings. The number of benzene rings is 2. The fourth-order valence-electron chi connectivity index (χ4n) is 3.26. The molecule has 3 nitrogen and oxygen atoms in total. The SMILES string of the molecule is CCOC(=O)c1ccc(C(CC(C)C)Nc2c(F)cc(Br)c(C)c2C#C[Si](C)(C)C)cc1. The third kappa shape index (κ3) is 7.21. The van der Waals surface area contributed by atoms with Crippen LogP contribution in [0.5, 0.6) is 0 Å². The van der Waals surface area contributed by atoms with Crippen molar-refractivity contribution >= 4 is 35.7 Å². The predicted octanol–water partition coefficient (Wildman–Crippen LogP) is 7.50. The van der Waals surface area contributed by atoms with Crippen LogP contribution in [0, 0.1) is 30.1 Å². The number of carbonyl (C=O) groups excluding carboxylic acids is 1. The smallest absolute Gasteiger partial charge is 0.338 e. The van der Waals surface area contributed by atoms with Gasteiger partial charge in [-0.15, -0.1) is 5.54 Å². The van der Waals surface area contributed by atoms with Gasteiger partial charge in [0.2, 0.25) is 0 Å². The average Bonchev–Trinajstić information content (AvgIpc) is 2.70. The first-order valence-corrected chi connectivity index (χ1v) is 15.3. The summed E-state index contributed by atoms with van der Waals surface area (Å²) in [7, 11) is -1.65. The molecule has 0 saturated carbocycles. The van der Waals surface area contributed by atoms with E-state index in [0.717, 1.165) is 17.5 Å². The number of hydrogen-bond donors (Lipinski definition) is 1. The van der Waals surface area contributed by atoms with E-state index in [1.54, 1.807) is 19.1 Å². The second kappa shape index (κ2) is 11.2. The molecular formula is C26H33BrFNO2Si. The first-order chi connectivity index (χ1) is 14.9. The minimum absolute atomic E-state index is 0.131. The number of hydrogen-bond acceptors (Lipinski definition) is 3. The van der Waals surface area contributed by atoms with Gasteiger partial charge in [0.05, 0.1) is 29.5 Å². The van der Waals surface area contributed by atoms with Gasteiger partial charge in [-0.25, -0.2) is 9.18 Å². The number of ether oxygens (including phenoxy) is 1. The van der Waals surface area contributed by atoms with Crippen molar-refractivity contribution in [2.24, 2.45) is 5.92 Å². The number of carbonyl (C=O) groups is 1. The summed E-state index contributed by atoms with van der Waals surface area (Å²) in [4.78, 5) is 12.0. The molecule has 0 amide bonds. The van der Waals surface area contributed by atoms with Gasteiger partial charge in [-0.3, -0.25) is 0 Å². The highest BCUT2D eigenvalue weighted by molar-refractivity contribution is 9.10. The molecule has 1 atom stereocenters. The summed E-state index contributed by atoms with van der Waals surface area (Å²) >= 11 is 3.47. The molecule has 0 bridgehead atoms. The van der Waals surface area contributed by atoms with Crippen LogP contribution in [-0.2, 0) is 4.74 Å². The van der Waals surface area contributed by atoms with E-state index in [-0.39, 0.29) is 17.8 Å². The van der Waals surface area contributed by atoms with E-state index < -0.39 is 8.07 Å². The van der Waals surface area contributed by atoms with Crippen LogP contribution in [0.4, 0.5) is 10.1 Å². The summed E-state index contributed by atoms with van der Waals surface area (Å²) in [5, 5.41) is 3.44. The van der Waals surface area contributed by atoms with Crippen molar-refractivity contribution in [3.8, 4) is 11.5 Å². The Morgan fingerprint density at radius 2 is 1.84 bits per heavy atom. The lowest BCUT2D eigenvalue weighted by Crippen LogP contribution is -2.18. The van der Waals surface area contributed by atoms with Crippen molar-refractivity contribution in [2.45, 2.75) is 59.8 Å². The maximum Gasteiger partial charge on any atom is 0.338 e. The highest BCUT2D eigenvalue weighted by atomic mass is 79.9. The number of nitrogens with one attached hydrogen (secondary N) is 1. The Bertz CT molecular complexity index is 1020. The Labute approximate surface area is 201 Å². The van der Waals surface area contributed by atoms with Crippen LogP contribution in [0.1, 0.15) is 60.3 Å². The topological polar surface area (TPSA) is 38.3 Å². The Balaban J connectivity index is 2.50. The van der Waals surface area contributed by atoms with E-state index in [1.807, 2.05) is 19.1 Å². The van der Waals surface area contributed by atoms with Gasteiger partial charge in [0, 0.05) is 4.47 Å². The summed E-state index contributed by atoms with van der Waals surface area (Å²) in [6, 6.07) is 8.70. The molecule has 6 heteroatoms. The lowest BCUT2D eigenvalue weighted by Gasteiger charge is -2.24. The molecule has 0 aliphatic heterocycles. The van der Waals surface area contributed by atoms with Crippen molar-refractivity contribution in [1.82, 2.24) is 0 Å². The van der Waals surface area contributed by atoms with Crippen molar-refractivity contribution in [1.29, 1.82) is 0 Å². The van der Waals surface area contributed by atoms with Gasteiger partial charge >= 0.3 is 5.97 Å². The molecule has 0 radical (unpaired) electrons. The first-order valence-electron chi connectivity index (χ1n) is 11.0. The van der Waals surface area contributed by atoms with Crippen molar-refractivity contribution in [2.75, 3.05) is 11.9 Å². The largest absolute Gasteiger partial charge is 0.462 e. The van der Waals surface area contributed by atoms with E-state index in [2.05, 4.69) is 66.2 Å². The molecule has 1 unspecified atom stereocenters. The second-order valence-corrected chi connectivity index (χ2v) is 15.0. The summed E-state index contributed by atoms with van der Waals surface area (Å²) < 4.78 is 21.0. The summed E-state index contributed by atoms with van der Waals surface area (Å²) in [6.07, 6.45) is 0.800. The minimum Gasteiger partial charge on any atom is -0.462 e. The maximum atomic E-state index is 15.2. The highest BCUT2D eigenvalue weighted by Gasteiger charge is 2.21. The number of rotatable bonds is 7. The third-order valence-corrected chi connectivity index (χ3v) is 6.59. The molecule has 2 aromatic rings. The lowest BCUT2D eigenvalue weighted by molar-refractivity contribution is 0.0526. The van der Waals surface area contributed by atoms with Crippen LogP contribution in [0.2, 0.25) is 19.6 Å². The third-order valence-electron chi connectivity index (χ3n) is 4.89. The van der Waals surface area contributed by atoms with Gasteiger partial charge in [-0.1, -0.05) is 67.5 Å². The van der Waals surface area contributed by atoms with E-state index in [4.69, 9.17) is 4.74 Å². The average molecular weight is 519 g/mol. The van der Waals surface area contributed by atoms with E-state index in [9.17, 15) is 4.79 Å². The Morgan fingerprint density at radius 1 is 1.22 bits per heavy atom. The summed E-state index contributed by atoms with van der Waals surface area (Å²) in [5.74, 6) is 2.98. The van der Waals surface area contributed by atoms with Crippen molar-refractivity contribution in [3.05, 3.63) is 62.9 Å². The molecule has 32 heavy (non-hydrogen) atoms. The molecule has 0 heterocycles. The second-order valence-electron chi connectivity index (χ2n) is 9.38. The fourth-order valence-corrected chi connectivity index (χ4v) is 4.15. The zero-order valence-electron chi connectivity index (χ0n) is 20.0. The van der Waals surface area contributed by atoms with E-state index >= 15 is 4.39 Å². The molecule has 0 aromatic heterocycles. The molecule has 0 saturated heterocycles. The van der Waals surface area contributed by atoms with Crippen LogP contribution in [-0.4, -0.2) is 20.7 Å². The quantitative estimate of drug-likeness (QED) is 0.234. The van der Waals surface area contributed by atoms with Crippen molar-refractivity contribution < 1.29 is 13.9 Å². The number of anilines is 1. The molecule has 2 aromatic carbocycles. The molecule has 172 valence electrons. The van der Waals surface area contributed by atoms with E-state index in [0.29, 0.717) is 33.8 Å². The highest BCUT2D eigenvalue weighted by Crippen LogP contribution is 2.34. The van der Waals surface area contributed by atoms with E-state index in [1.165, 1.54) is 6.07 Å². The van der Waals surface area contributed by atoms with Crippen molar-refractivity contribution in [3.63, 3.8) is 0 Å². The summed E-state index contributed by atoms with van der Waals surface area (Å²) in [6.45, 7) is 14.9. The first kappa shape index (κ1) is 26.2. The molecule has 1 N–H and O–H groups in total. The standard InChI is InChI=1S/C26H33BrFNO2Si/c1-8-31-26(30)20-11-9-19(10-12-20)24(15-17(2)3)29-25-21(13-14-32(5,6)7)18(4)22(27)16-23(25)28/h9-12,16-17,24,29H,8,15H2,1-7H3. The van der Waals surface area contributed by atoms with Crippen LogP contribution in [0.15, 0.2) is 34.8 Å². The molecule has 2 rings (SSSR count). The number of esters is 1. The van der Waals surface area contributed by atoms with Gasteiger partial charge in [0.25, 0.3) is 0 Å². The minimum atomic E-state index is -1.65. The Morgan fingerprint density at radius 3 is 2.38 bits per heavy atom. The molecule has 0 aliphatic carbocycles. The summed E-state index contributed by atoms with van der Waals surface area (Å²) in [5.41, 5.74) is 6.89. The van der Waals surface area contributed by atoms with Crippen LogP contribution in [0.3, 0.4) is 0 Å². The lowest BCUT2D eigenvalue weighted by atomic mass is 9.95. The Hall–Kier alpha value is -2.10. The van der Waals surface area contributed by atoms with Gasteiger partial charge in [-0.05, 0) is 55.5 Å². The van der Waals surface area contributed by atoms with Gasteiger partial charge < -0.3 is 10.1 Å². The van der Waals surface area contributed by atoms with Crippen LogP contribution in [0.25, 0.3) is 0 Å². The fraction of sp³-hybridized carbons (Fsp3) is 0.423. The monoisotopic (exact) mass is 517 g/mol. The van der Waals surface area contributed by atoms with Gasteiger partial charge in [0.1, 0.15) is 13.9 Å². The predicted molar refractivity (Wildman–Crippen MR) is 137 cm³/mol. The molecular weight excluding hydrogens is 485 g/mol. The zero-order chi connectivity index (χ0) is 24.1. The zero-order valence-corrected chi connectivity index (χ0v) is 22.6. The molecule has 0 spiro atoms. The van der Waals surface area contributed by atoms with Gasteiger partial charge in [-0.2, -0.15) is 0 Å². The molecule has 0 aliphatic rings. The van der Waals surface area contributed by atoms with Crippen LogP contribution >= 0.6 is 15.9 Å². The Kier molecular flexibility index (Phi) is 9.12. The van der Waals surface area contributed by atoms with Crippen LogP contribution < -0.4 is 5.32 Å². The maximum absolute atomic E-state index is 15.2. The normalized spacial score (nSPS) is 12.2. The van der Waals surface area contributed by atoms with Gasteiger partial charge in [0.15, 0.2) is 0 Å².